The first-order valence-corrected chi connectivity index (χ1v) is 11.3. The molecule has 7 heteroatoms. The van der Waals surface area contributed by atoms with E-state index in [1.54, 1.807) is 29.4 Å². The fourth-order valence-electron chi connectivity index (χ4n) is 4.68. The molecule has 1 aromatic heterocycles. The van der Waals surface area contributed by atoms with E-state index in [1.807, 2.05) is 12.1 Å². The molecule has 5 nitrogen and oxygen atoms in total. The molecule has 2 aromatic rings. The second-order valence-electron chi connectivity index (χ2n) is 9.40. The monoisotopic (exact) mass is 455 g/mol. The quantitative estimate of drug-likeness (QED) is 0.608. The number of pyridine rings is 1. The number of carbonyl (C=O) groups excluding carboxylic acids is 2. The van der Waals surface area contributed by atoms with Gasteiger partial charge in [-0.2, -0.15) is 0 Å². The van der Waals surface area contributed by atoms with Gasteiger partial charge in [0.1, 0.15) is 0 Å². The molecule has 160 valence electrons. The van der Waals surface area contributed by atoms with Crippen LogP contribution in [0.2, 0.25) is 10.0 Å². The van der Waals surface area contributed by atoms with Crippen LogP contribution in [-0.4, -0.2) is 16.7 Å². The van der Waals surface area contributed by atoms with E-state index >= 15 is 0 Å². The zero-order valence-electron chi connectivity index (χ0n) is 17.4. The molecule has 2 heterocycles. The Balaban J connectivity index is 1.80. The van der Waals surface area contributed by atoms with E-state index < -0.39 is 6.04 Å². The second-order valence-corrected chi connectivity index (χ2v) is 10.2. The minimum atomic E-state index is -0.618. The van der Waals surface area contributed by atoms with Crippen molar-refractivity contribution in [1.82, 2.24) is 4.98 Å². The van der Waals surface area contributed by atoms with E-state index in [1.165, 1.54) is 0 Å². The van der Waals surface area contributed by atoms with Crippen LogP contribution >= 0.6 is 23.2 Å². The maximum atomic E-state index is 13.6. The minimum absolute atomic E-state index is 0.0108. The van der Waals surface area contributed by atoms with Crippen LogP contribution in [0.4, 0.5) is 11.4 Å². The van der Waals surface area contributed by atoms with E-state index in [0.717, 1.165) is 24.2 Å². The van der Waals surface area contributed by atoms with E-state index in [0.29, 0.717) is 39.7 Å². The predicted octanol–water partition coefficient (Wildman–Crippen LogP) is 5.94. The van der Waals surface area contributed by atoms with Crippen LogP contribution in [0.3, 0.4) is 0 Å². The number of nitrogens with one attached hydrogen (secondary N) is 1. The van der Waals surface area contributed by atoms with Crippen molar-refractivity contribution in [1.29, 1.82) is 0 Å². The lowest BCUT2D eigenvalue weighted by Gasteiger charge is -2.37. The Bertz CT molecular complexity index is 1140. The second kappa shape index (κ2) is 7.35. The van der Waals surface area contributed by atoms with Gasteiger partial charge >= 0.3 is 0 Å². The van der Waals surface area contributed by atoms with Crippen LogP contribution in [0, 0.1) is 11.3 Å². The number of Topliss-reactive ketones (excluding diaryl/α,β-unsaturated/α-hetero) is 1. The topological polar surface area (TPSA) is 62.3 Å². The SMILES string of the molecule is CC1(C)CC(=O)C2=C(C1)Nc1cnccc1N(C(=O)C1CC1)C2c1ccc(Cl)cc1Cl. The van der Waals surface area contributed by atoms with Gasteiger partial charge in [-0.1, -0.05) is 43.1 Å². The largest absolute Gasteiger partial charge is 0.356 e. The van der Waals surface area contributed by atoms with Gasteiger partial charge in [-0.15, -0.1) is 0 Å². The van der Waals surface area contributed by atoms with E-state index in [4.69, 9.17) is 23.2 Å². The number of rotatable bonds is 2. The number of hydrogen-bond donors (Lipinski definition) is 1. The van der Waals surface area contributed by atoms with Crippen LogP contribution in [0.5, 0.6) is 0 Å². The molecule has 1 atom stereocenters. The Morgan fingerprint density at radius 2 is 1.97 bits per heavy atom. The Morgan fingerprint density at radius 1 is 1.19 bits per heavy atom. The summed E-state index contributed by atoms with van der Waals surface area (Å²) in [5.41, 5.74) is 3.39. The standard InChI is InChI=1S/C24H23Cl2N3O2/c1-24(2)10-17-21(20(30)11-24)22(15-6-5-14(25)9-16(15)26)29(23(31)13-3-4-13)19-7-8-27-12-18(19)28-17/h5-9,12-13,22,28H,3-4,10-11H2,1-2H3. The first-order valence-electron chi connectivity index (χ1n) is 10.5. The number of aromatic nitrogens is 1. The van der Waals surface area contributed by atoms with Gasteiger partial charge in [0.25, 0.3) is 0 Å². The van der Waals surface area contributed by atoms with Crippen molar-refractivity contribution in [2.24, 2.45) is 11.3 Å². The fourth-order valence-corrected chi connectivity index (χ4v) is 5.19. The van der Waals surface area contributed by atoms with Gasteiger partial charge < -0.3 is 5.32 Å². The summed E-state index contributed by atoms with van der Waals surface area (Å²) in [5, 5.41) is 4.40. The number of anilines is 2. The average Bonchev–Trinajstić information content (AvgIpc) is 3.52. The van der Waals surface area contributed by atoms with Crippen molar-refractivity contribution in [2.45, 2.75) is 45.6 Å². The van der Waals surface area contributed by atoms with Gasteiger partial charge in [0.15, 0.2) is 5.78 Å². The predicted molar refractivity (Wildman–Crippen MR) is 122 cm³/mol. The molecule has 5 rings (SSSR count). The number of halogens is 2. The van der Waals surface area contributed by atoms with E-state index in [-0.39, 0.29) is 23.0 Å². The summed E-state index contributed by atoms with van der Waals surface area (Å²) in [4.78, 5) is 33.2. The van der Waals surface area contributed by atoms with Crippen molar-refractivity contribution >= 4 is 46.3 Å². The smallest absolute Gasteiger partial charge is 0.231 e. The summed E-state index contributed by atoms with van der Waals surface area (Å²) in [6, 6.07) is 6.46. The number of fused-ring (bicyclic) bond motifs is 1. The van der Waals surface area contributed by atoms with Gasteiger partial charge in [-0.3, -0.25) is 19.5 Å². The maximum absolute atomic E-state index is 13.6. The number of amides is 1. The van der Waals surface area contributed by atoms with E-state index in [9.17, 15) is 9.59 Å². The third kappa shape index (κ3) is 3.64. The summed E-state index contributed by atoms with van der Waals surface area (Å²) >= 11 is 12.8. The lowest BCUT2D eigenvalue weighted by atomic mass is 9.73. The average molecular weight is 456 g/mol. The van der Waals surface area contributed by atoms with Crippen LogP contribution in [0.25, 0.3) is 0 Å². The van der Waals surface area contributed by atoms with Crippen LogP contribution in [0.15, 0.2) is 47.9 Å². The third-order valence-corrected chi connectivity index (χ3v) is 6.78. The highest BCUT2D eigenvalue weighted by Gasteiger charge is 2.46. The van der Waals surface area contributed by atoms with Gasteiger partial charge in [0.05, 0.1) is 23.6 Å². The Hall–Kier alpha value is -2.37. The van der Waals surface area contributed by atoms with Crippen LogP contribution < -0.4 is 10.2 Å². The molecule has 31 heavy (non-hydrogen) atoms. The van der Waals surface area contributed by atoms with Crippen molar-refractivity contribution < 1.29 is 9.59 Å². The van der Waals surface area contributed by atoms with Crippen LogP contribution in [0.1, 0.15) is 51.1 Å². The van der Waals surface area contributed by atoms with Crippen molar-refractivity contribution in [2.75, 3.05) is 10.2 Å². The number of carbonyl (C=O) groups is 2. The fraction of sp³-hybridized carbons (Fsp3) is 0.375. The molecule has 2 aliphatic carbocycles. The first kappa shape index (κ1) is 20.5. The van der Waals surface area contributed by atoms with Gasteiger partial charge in [0.2, 0.25) is 5.91 Å². The molecule has 1 unspecified atom stereocenters. The molecular weight excluding hydrogens is 433 g/mol. The normalized spacial score (nSPS) is 22.4. The number of hydrogen-bond acceptors (Lipinski definition) is 4. The van der Waals surface area contributed by atoms with Crippen molar-refractivity contribution in [3.63, 3.8) is 0 Å². The highest BCUT2D eigenvalue weighted by atomic mass is 35.5. The molecular formula is C24H23Cl2N3O2. The van der Waals surface area contributed by atoms with Crippen molar-refractivity contribution in [3.05, 3.63) is 63.5 Å². The number of ketones is 1. The Morgan fingerprint density at radius 3 is 2.68 bits per heavy atom. The summed E-state index contributed by atoms with van der Waals surface area (Å²) in [6.07, 6.45) is 6.20. The summed E-state index contributed by atoms with van der Waals surface area (Å²) in [6.45, 7) is 4.17. The van der Waals surface area contributed by atoms with E-state index in [2.05, 4.69) is 24.1 Å². The Labute approximate surface area is 191 Å². The minimum Gasteiger partial charge on any atom is -0.356 e. The first-order chi connectivity index (χ1) is 14.7. The summed E-state index contributed by atoms with van der Waals surface area (Å²) in [7, 11) is 0. The molecule has 1 saturated carbocycles. The zero-order chi connectivity index (χ0) is 21.9. The summed E-state index contributed by atoms with van der Waals surface area (Å²) < 4.78 is 0. The highest BCUT2D eigenvalue weighted by molar-refractivity contribution is 6.35. The molecule has 1 aliphatic heterocycles. The summed E-state index contributed by atoms with van der Waals surface area (Å²) in [5.74, 6) is 0.00709. The molecule has 1 fully saturated rings. The Kier molecular flexibility index (Phi) is 4.87. The molecule has 1 amide bonds. The zero-order valence-corrected chi connectivity index (χ0v) is 18.9. The maximum Gasteiger partial charge on any atom is 0.231 e. The molecule has 0 radical (unpaired) electrons. The highest BCUT2D eigenvalue weighted by Crippen LogP contribution is 2.50. The molecule has 1 aromatic carbocycles. The molecule has 1 N–H and O–H groups in total. The lowest BCUT2D eigenvalue weighted by molar-refractivity contribution is -0.120. The third-order valence-electron chi connectivity index (χ3n) is 6.22. The van der Waals surface area contributed by atoms with Crippen molar-refractivity contribution in [3.8, 4) is 0 Å². The number of allylic oxidation sites excluding steroid dienone is 1. The van der Waals surface area contributed by atoms with Gasteiger partial charge in [-0.25, -0.2) is 0 Å². The molecule has 3 aliphatic rings. The van der Waals surface area contributed by atoms with Gasteiger partial charge in [0, 0.05) is 39.9 Å². The molecule has 0 spiro atoms. The molecule has 0 bridgehead atoms. The molecule has 0 saturated heterocycles. The van der Waals surface area contributed by atoms with Gasteiger partial charge in [-0.05, 0) is 48.4 Å². The van der Waals surface area contributed by atoms with Crippen LogP contribution in [-0.2, 0) is 9.59 Å². The number of nitrogens with zero attached hydrogens (tertiary/aromatic N) is 2. The lowest BCUT2D eigenvalue weighted by Crippen LogP contribution is -2.40. The number of benzene rings is 1.